The molecule has 2 aromatic rings. The van der Waals surface area contributed by atoms with Crippen LogP contribution in [-0.4, -0.2) is 47.4 Å². The van der Waals surface area contributed by atoms with E-state index in [-0.39, 0.29) is 23.4 Å². The molecule has 1 spiro atoms. The molecule has 4 rings (SSSR count). The van der Waals surface area contributed by atoms with Gasteiger partial charge < -0.3 is 18.9 Å². The molecule has 2 saturated heterocycles. The van der Waals surface area contributed by atoms with Crippen molar-refractivity contribution in [1.29, 1.82) is 0 Å². The fourth-order valence-corrected chi connectivity index (χ4v) is 3.83. The Morgan fingerprint density at radius 2 is 2.32 bits per heavy atom. The van der Waals surface area contributed by atoms with E-state index in [9.17, 15) is 4.79 Å². The van der Waals surface area contributed by atoms with Crippen molar-refractivity contribution >= 4 is 17.5 Å². The predicted molar refractivity (Wildman–Crippen MR) is 90.8 cm³/mol. The molecule has 132 valence electrons. The molecule has 1 aromatic carbocycles. The van der Waals surface area contributed by atoms with Crippen LogP contribution in [0.5, 0.6) is 5.75 Å². The number of carbonyl (C=O) groups is 1. The van der Waals surface area contributed by atoms with Gasteiger partial charge in [0.25, 0.3) is 5.91 Å². The lowest BCUT2D eigenvalue weighted by Crippen LogP contribution is -2.50. The first-order valence-corrected chi connectivity index (χ1v) is 8.78. The van der Waals surface area contributed by atoms with Crippen molar-refractivity contribution in [3.05, 3.63) is 47.3 Å². The predicted octanol–water partition coefficient (Wildman–Crippen LogP) is 3.17. The first kappa shape index (κ1) is 16.4. The first-order chi connectivity index (χ1) is 12.1. The minimum Gasteiger partial charge on any atom is -0.488 e. The van der Waals surface area contributed by atoms with Crippen LogP contribution in [0.3, 0.4) is 0 Å². The Hall–Kier alpha value is -2.05. The van der Waals surface area contributed by atoms with Gasteiger partial charge in [-0.15, -0.1) is 0 Å². The minimum absolute atomic E-state index is 0.0428. The summed E-state index contributed by atoms with van der Waals surface area (Å²) in [6.45, 7) is 1.75. The number of halogens is 1. The van der Waals surface area contributed by atoms with Crippen LogP contribution in [0.25, 0.3) is 0 Å². The SMILES string of the molecule is O=C(c1ccno1)N1CCC[C@@]2(C[C@@H](Oc3cccc(Cl)c3)CO2)C1. The van der Waals surface area contributed by atoms with Gasteiger partial charge in [0.05, 0.1) is 24.9 Å². The molecule has 1 amide bonds. The molecule has 6 nitrogen and oxygen atoms in total. The summed E-state index contributed by atoms with van der Waals surface area (Å²) in [4.78, 5) is 14.3. The maximum atomic E-state index is 12.5. The van der Waals surface area contributed by atoms with Gasteiger partial charge in [-0.2, -0.15) is 0 Å². The maximum Gasteiger partial charge on any atom is 0.292 e. The molecule has 2 aliphatic heterocycles. The van der Waals surface area contributed by atoms with Crippen LogP contribution in [0.1, 0.15) is 29.8 Å². The molecular formula is C18H19ClN2O4. The number of amides is 1. The van der Waals surface area contributed by atoms with Crippen LogP contribution in [0, 0.1) is 0 Å². The average Bonchev–Trinajstić information content (AvgIpc) is 3.25. The van der Waals surface area contributed by atoms with Gasteiger partial charge in [0, 0.05) is 24.1 Å². The van der Waals surface area contributed by atoms with Crippen molar-refractivity contribution in [2.24, 2.45) is 0 Å². The zero-order valence-electron chi connectivity index (χ0n) is 13.7. The Balaban J connectivity index is 1.41. The lowest BCUT2D eigenvalue weighted by molar-refractivity contribution is -0.0460. The lowest BCUT2D eigenvalue weighted by Gasteiger charge is -2.39. The van der Waals surface area contributed by atoms with E-state index in [1.165, 1.54) is 6.20 Å². The third kappa shape index (κ3) is 3.50. The molecule has 25 heavy (non-hydrogen) atoms. The van der Waals surface area contributed by atoms with Gasteiger partial charge in [0.15, 0.2) is 0 Å². The van der Waals surface area contributed by atoms with Crippen LogP contribution >= 0.6 is 11.6 Å². The van der Waals surface area contributed by atoms with E-state index in [2.05, 4.69) is 5.16 Å². The summed E-state index contributed by atoms with van der Waals surface area (Å²) in [7, 11) is 0. The van der Waals surface area contributed by atoms with Gasteiger partial charge in [-0.3, -0.25) is 4.79 Å². The molecule has 3 heterocycles. The van der Waals surface area contributed by atoms with Gasteiger partial charge in [0.2, 0.25) is 5.76 Å². The molecule has 2 aliphatic rings. The molecule has 0 unspecified atom stereocenters. The van der Waals surface area contributed by atoms with Gasteiger partial charge in [-0.05, 0) is 31.0 Å². The smallest absolute Gasteiger partial charge is 0.292 e. The number of benzene rings is 1. The summed E-state index contributed by atoms with van der Waals surface area (Å²) in [5.74, 6) is 0.865. The second-order valence-electron chi connectivity index (χ2n) is 6.60. The fourth-order valence-electron chi connectivity index (χ4n) is 3.65. The summed E-state index contributed by atoms with van der Waals surface area (Å²) in [5.41, 5.74) is -0.350. The molecule has 0 bridgehead atoms. The number of rotatable bonds is 3. The summed E-state index contributed by atoms with van der Waals surface area (Å²) in [6.07, 6.45) is 4.00. The van der Waals surface area contributed by atoms with Crippen molar-refractivity contribution in [3.63, 3.8) is 0 Å². The number of hydrogen-bond acceptors (Lipinski definition) is 5. The van der Waals surface area contributed by atoms with Crippen molar-refractivity contribution < 1.29 is 18.8 Å². The third-order valence-electron chi connectivity index (χ3n) is 4.75. The molecule has 7 heteroatoms. The van der Waals surface area contributed by atoms with Crippen molar-refractivity contribution in [2.45, 2.75) is 31.0 Å². The largest absolute Gasteiger partial charge is 0.488 e. The Labute approximate surface area is 150 Å². The average molecular weight is 363 g/mol. The highest BCUT2D eigenvalue weighted by atomic mass is 35.5. The van der Waals surface area contributed by atoms with E-state index in [0.29, 0.717) is 24.7 Å². The monoisotopic (exact) mass is 362 g/mol. The zero-order chi connectivity index (χ0) is 17.3. The van der Waals surface area contributed by atoms with E-state index < -0.39 is 0 Å². The Morgan fingerprint density at radius 1 is 1.40 bits per heavy atom. The highest BCUT2D eigenvalue weighted by molar-refractivity contribution is 6.30. The summed E-state index contributed by atoms with van der Waals surface area (Å²) in [5, 5.41) is 4.25. The van der Waals surface area contributed by atoms with E-state index in [1.54, 1.807) is 17.0 Å². The quantitative estimate of drug-likeness (QED) is 0.839. The zero-order valence-corrected chi connectivity index (χ0v) is 14.4. The van der Waals surface area contributed by atoms with Gasteiger partial charge in [-0.1, -0.05) is 22.8 Å². The van der Waals surface area contributed by atoms with E-state index in [0.717, 1.165) is 25.0 Å². The first-order valence-electron chi connectivity index (χ1n) is 8.40. The molecule has 0 N–H and O–H groups in total. The van der Waals surface area contributed by atoms with E-state index in [4.69, 9.17) is 25.6 Å². The Morgan fingerprint density at radius 3 is 3.12 bits per heavy atom. The number of nitrogens with zero attached hydrogens (tertiary/aromatic N) is 2. The van der Waals surface area contributed by atoms with Gasteiger partial charge in [-0.25, -0.2) is 0 Å². The van der Waals surface area contributed by atoms with E-state index >= 15 is 0 Å². The van der Waals surface area contributed by atoms with Crippen molar-refractivity contribution in [3.8, 4) is 5.75 Å². The third-order valence-corrected chi connectivity index (χ3v) is 4.98. The van der Waals surface area contributed by atoms with Crippen LogP contribution in [0.2, 0.25) is 5.02 Å². The number of piperidine rings is 1. The number of likely N-dealkylation sites (tertiary alicyclic amines) is 1. The molecule has 0 aliphatic carbocycles. The van der Waals surface area contributed by atoms with Crippen LogP contribution in [0.15, 0.2) is 41.1 Å². The van der Waals surface area contributed by atoms with Crippen LogP contribution in [-0.2, 0) is 4.74 Å². The second kappa shape index (κ2) is 6.69. The molecular weight excluding hydrogens is 344 g/mol. The molecule has 0 saturated carbocycles. The topological polar surface area (TPSA) is 64.8 Å². The Kier molecular flexibility index (Phi) is 4.39. The summed E-state index contributed by atoms with van der Waals surface area (Å²) in [6, 6.07) is 8.95. The molecule has 1 aromatic heterocycles. The lowest BCUT2D eigenvalue weighted by atomic mass is 9.89. The standard InChI is InChI=1S/C18H19ClN2O4/c19-13-3-1-4-14(9-13)24-15-10-18(23-11-15)6-2-8-21(12-18)17(22)16-5-7-20-25-16/h1,3-5,7,9,15H,2,6,8,10-12H2/t15-,18-/m1/s1. The highest BCUT2D eigenvalue weighted by Gasteiger charge is 2.45. The van der Waals surface area contributed by atoms with Gasteiger partial charge >= 0.3 is 0 Å². The van der Waals surface area contributed by atoms with Crippen molar-refractivity contribution in [1.82, 2.24) is 10.1 Å². The summed E-state index contributed by atoms with van der Waals surface area (Å²) < 4.78 is 17.1. The minimum atomic E-state index is -0.350. The van der Waals surface area contributed by atoms with Crippen molar-refractivity contribution in [2.75, 3.05) is 19.7 Å². The number of hydrogen-bond donors (Lipinski definition) is 0. The normalized spacial score (nSPS) is 26.1. The second-order valence-corrected chi connectivity index (χ2v) is 7.04. The molecule has 2 atom stereocenters. The number of ether oxygens (including phenoxy) is 2. The molecule has 2 fully saturated rings. The summed E-state index contributed by atoms with van der Waals surface area (Å²) >= 11 is 6.01. The number of carbonyl (C=O) groups excluding carboxylic acids is 1. The fraction of sp³-hybridized carbons (Fsp3) is 0.444. The van der Waals surface area contributed by atoms with Gasteiger partial charge in [0.1, 0.15) is 11.9 Å². The molecule has 0 radical (unpaired) electrons. The number of aromatic nitrogens is 1. The maximum absolute atomic E-state index is 12.5. The highest BCUT2D eigenvalue weighted by Crippen LogP contribution is 2.36. The van der Waals surface area contributed by atoms with E-state index in [1.807, 2.05) is 18.2 Å². The van der Waals surface area contributed by atoms with Crippen LogP contribution < -0.4 is 4.74 Å². The Bertz CT molecular complexity index is 751. The van der Waals surface area contributed by atoms with Crippen LogP contribution in [0.4, 0.5) is 0 Å².